The minimum atomic E-state index is 0.375. The van der Waals surface area contributed by atoms with E-state index in [2.05, 4.69) is 32.6 Å². The van der Waals surface area contributed by atoms with Crippen molar-refractivity contribution in [2.45, 2.75) is 85.5 Å². The summed E-state index contributed by atoms with van der Waals surface area (Å²) in [5.74, 6) is 0. The van der Waals surface area contributed by atoms with Crippen LogP contribution in [0, 0.1) is 5.41 Å². The molecule has 0 bridgehead atoms. The van der Waals surface area contributed by atoms with E-state index in [4.69, 9.17) is 4.74 Å². The highest BCUT2D eigenvalue weighted by Crippen LogP contribution is 2.32. The smallest absolute Gasteiger partial charge is 0.0530 e. The quantitative estimate of drug-likeness (QED) is 0.370. The first-order chi connectivity index (χ1) is 10.2. The molecule has 1 unspecified atom stereocenters. The zero-order valence-corrected chi connectivity index (χ0v) is 15.5. The van der Waals surface area contributed by atoms with E-state index in [-0.39, 0.29) is 0 Å². The first-order valence-corrected chi connectivity index (χ1v) is 9.39. The molecule has 0 saturated carbocycles. The fourth-order valence-electron chi connectivity index (χ4n) is 3.51. The Morgan fingerprint density at radius 2 is 1.38 bits per heavy atom. The van der Waals surface area contributed by atoms with Crippen molar-refractivity contribution in [3.63, 3.8) is 0 Å². The molecule has 2 nitrogen and oxygen atoms in total. The molecule has 0 aromatic heterocycles. The van der Waals surface area contributed by atoms with Crippen molar-refractivity contribution in [1.29, 1.82) is 0 Å². The van der Waals surface area contributed by atoms with Gasteiger partial charge in [0.15, 0.2) is 0 Å². The number of hydrogen-bond acceptors (Lipinski definition) is 2. The van der Waals surface area contributed by atoms with Crippen molar-refractivity contribution in [3.05, 3.63) is 0 Å². The Morgan fingerprint density at radius 1 is 0.762 bits per heavy atom. The number of rotatable bonds is 15. The van der Waals surface area contributed by atoms with E-state index in [1.807, 2.05) is 7.11 Å². The maximum absolute atomic E-state index is 5.62. The van der Waals surface area contributed by atoms with Crippen molar-refractivity contribution >= 4 is 0 Å². The van der Waals surface area contributed by atoms with Gasteiger partial charge in [0, 0.05) is 19.1 Å². The second kappa shape index (κ2) is 13.6. The van der Waals surface area contributed by atoms with Crippen LogP contribution in [-0.4, -0.2) is 38.3 Å². The summed E-state index contributed by atoms with van der Waals surface area (Å²) in [5.41, 5.74) is 0.375. The van der Waals surface area contributed by atoms with Gasteiger partial charge in [0.1, 0.15) is 0 Å². The van der Waals surface area contributed by atoms with E-state index in [1.54, 1.807) is 0 Å². The molecule has 0 spiro atoms. The third kappa shape index (κ3) is 9.52. The van der Waals surface area contributed by atoms with Gasteiger partial charge in [-0.25, -0.2) is 0 Å². The van der Waals surface area contributed by atoms with E-state index in [0.717, 1.165) is 19.7 Å². The summed E-state index contributed by atoms with van der Waals surface area (Å²) in [7, 11) is 1.87. The van der Waals surface area contributed by atoms with Crippen LogP contribution in [0.4, 0.5) is 0 Å². The van der Waals surface area contributed by atoms with E-state index in [1.165, 1.54) is 64.3 Å². The molecular weight excluding hydrogens is 258 g/mol. The van der Waals surface area contributed by atoms with Gasteiger partial charge in [0.05, 0.1) is 6.61 Å². The van der Waals surface area contributed by atoms with Gasteiger partial charge < -0.3 is 9.64 Å². The molecule has 2 heteroatoms. The average molecular weight is 300 g/mol. The molecule has 1 atom stereocenters. The van der Waals surface area contributed by atoms with Crippen molar-refractivity contribution in [3.8, 4) is 0 Å². The number of methoxy groups -OCH3 is 1. The summed E-state index contributed by atoms with van der Waals surface area (Å²) in [5, 5.41) is 0. The highest BCUT2D eigenvalue weighted by molar-refractivity contribution is 4.82. The van der Waals surface area contributed by atoms with Crippen LogP contribution >= 0.6 is 0 Å². The Hall–Kier alpha value is -0.0800. The van der Waals surface area contributed by atoms with Crippen molar-refractivity contribution in [1.82, 2.24) is 4.90 Å². The van der Waals surface area contributed by atoms with Crippen molar-refractivity contribution in [2.75, 3.05) is 33.4 Å². The molecule has 0 aromatic carbocycles. The molecule has 0 aliphatic carbocycles. The molecule has 0 N–H and O–H groups in total. The van der Waals surface area contributed by atoms with Crippen LogP contribution < -0.4 is 0 Å². The number of nitrogens with zero attached hydrogens (tertiary/aromatic N) is 1. The molecule has 0 heterocycles. The Kier molecular flexibility index (Phi) is 13.5. The van der Waals surface area contributed by atoms with Crippen LogP contribution in [-0.2, 0) is 4.74 Å². The van der Waals surface area contributed by atoms with Gasteiger partial charge in [-0.3, -0.25) is 0 Å². The zero-order chi connectivity index (χ0) is 16.0. The van der Waals surface area contributed by atoms with Crippen LogP contribution in [0.15, 0.2) is 0 Å². The van der Waals surface area contributed by atoms with Gasteiger partial charge in [-0.2, -0.15) is 0 Å². The first-order valence-electron chi connectivity index (χ1n) is 9.39. The highest BCUT2D eigenvalue weighted by Gasteiger charge is 2.30. The second-order valence-corrected chi connectivity index (χ2v) is 6.66. The minimum absolute atomic E-state index is 0.375. The molecule has 0 aliphatic heterocycles. The number of ether oxygens (including phenoxy) is 1. The fourth-order valence-corrected chi connectivity index (χ4v) is 3.51. The normalized spacial score (nSPS) is 14.6. The molecule has 0 fully saturated rings. The largest absolute Gasteiger partial charge is 0.384 e. The standard InChI is InChI=1S/C19H41NO/c1-6-10-11-12-13-14-16-19(15-7-2,18-21-5)17-20(8-3)9-4/h6-18H2,1-5H3. The summed E-state index contributed by atoms with van der Waals surface area (Å²) in [4.78, 5) is 2.58. The monoisotopic (exact) mass is 299 g/mol. The Bertz CT molecular complexity index is 208. The number of unbranched alkanes of at least 4 members (excludes halogenated alkanes) is 5. The van der Waals surface area contributed by atoms with Gasteiger partial charge in [0.25, 0.3) is 0 Å². The second-order valence-electron chi connectivity index (χ2n) is 6.66. The Balaban J connectivity index is 4.40. The molecule has 0 saturated heterocycles. The molecule has 0 amide bonds. The summed E-state index contributed by atoms with van der Waals surface area (Å²) in [6, 6.07) is 0. The van der Waals surface area contributed by atoms with Crippen LogP contribution in [0.5, 0.6) is 0 Å². The van der Waals surface area contributed by atoms with Gasteiger partial charge in [-0.05, 0) is 25.9 Å². The SMILES string of the molecule is CCCCCCCCC(CCC)(COC)CN(CC)CC. The molecule has 0 aromatic rings. The van der Waals surface area contributed by atoms with Crippen LogP contribution in [0.1, 0.15) is 85.5 Å². The molecule has 128 valence electrons. The summed E-state index contributed by atoms with van der Waals surface area (Å²) in [6.45, 7) is 13.6. The van der Waals surface area contributed by atoms with Crippen molar-refractivity contribution in [2.24, 2.45) is 5.41 Å². The van der Waals surface area contributed by atoms with Crippen LogP contribution in [0.3, 0.4) is 0 Å². The van der Waals surface area contributed by atoms with Gasteiger partial charge >= 0.3 is 0 Å². The third-order valence-electron chi connectivity index (χ3n) is 4.74. The minimum Gasteiger partial charge on any atom is -0.384 e. The summed E-state index contributed by atoms with van der Waals surface area (Å²) in [6.07, 6.45) is 12.2. The zero-order valence-electron chi connectivity index (χ0n) is 15.5. The Morgan fingerprint density at radius 3 is 1.90 bits per heavy atom. The number of hydrogen-bond donors (Lipinski definition) is 0. The highest BCUT2D eigenvalue weighted by atomic mass is 16.5. The van der Waals surface area contributed by atoms with Crippen molar-refractivity contribution < 1.29 is 4.74 Å². The van der Waals surface area contributed by atoms with Gasteiger partial charge in [0.2, 0.25) is 0 Å². The van der Waals surface area contributed by atoms with Crippen LogP contribution in [0.2, 0.25) is 0 Å². The lowest BCUT2D eigenvalue weighted by molar-refractivity contribution is 0.0317. The molecule has 0 radical (unpaired) electrons. The molecule has 21 heavy (non-hydrogen) atoms. The lowest BCUT2D eigenvalue weighted by Gasteiger charge is -2.37. The van der Waals surface area contributed by atoms with E-state index in [0.29, 0.717) is 5.41 Å². The fraction of sp³-hybridized carbons (Fsp3) is 1.00. The predicted octanol–water partition coefficient (Wildman–Crippen LogP) is 5.51. The molecular formula is C19H41NO. The predicted molar refractivity (Wildman–Crippen MR) is 95.0 cm³/mol. The van der Waals surface area contributed by atoms with E-state index in [9.17, 15) is 0 Å². The van der Waals surface area contributed by atoms with Gasteiger partial charge in [-0.1, -0.05) is 72.6 Å². The topological polar surface area (TPSA) is 12.5 Å². The first kappa shape index (κ1) is 20.9. The average Bonchev–Trinajstić information content (AvgIpc) is 2.49. The van der Waals surface area contributed by atoms with E-state index < -0.39 is 0 Å². The lowest BCUT2D eigenvalue weighted by Crippen LogP contribution is -2.40. The maximum Gasteiger partial charge on any atom is 0.0530 e. The Labute approximate surface area is 134 Å². The van der Waals surface area contributed by atoms with Crippen LogP contribution in [0.25, 0.3) is 0 Å². The summed E-state index contributed by atoms with van der Waals surface area (Å²) >= 11 is 0. The van der Waals surface area contributed by atoms with Gasteiger partial charge in [-0.15, -0.1) is 0 Å². The molecule has 0 aliphatic rings. The third-order valence-corrected chi connectivity index (χ3v) is 4.74. The molecule has 0 rings (SSSR count). The maximum atomic E-state index is 5.62. The summed E-state index contributed by atoms with van der Waals surface area (Å²) < 4.78 is 5.62. The van der Waals surface area contributed by atoms with E-state index >= 15 is 0 Å². The lowest BCUT2D eigenvalue weighted by atomic mass is 9.78.